The van der Waals surface area contributed by atoms with Crippen molar-refractivity contribution in [2.45, 2.75) is 12.5 Å². The Morgan fingerprint density at radius 2 is 2.25 bits per heavy atom. The van der Waals surface area contributed by atoms with Gasteiger partial charge in [0.25, 0.3) is 5.91 Å². The monoisotopic (exact) mass is 260 g/mol. The van der Waals surface area contributed by atoms with Crippen LogP contribution in [0.3, 0.4) is 0 Å². The average molecular weight is 261 g/mol. The van der Waals surface area contributed by atoms with Gasteiger partial charge >= 0.3 is 0 Å². The van der Waals surface area contributed by atoms with E-state index in [0.717, 1.165) is 13.0 Å². The Balaban J connectivity index is 0.00000128. The summed E-state index contributed by atoms with van der Waals surface area (Å²) >= 11 is 5.83. The van der Waals surface area contributed by atoms with Crippen LogP contribution < -0.4 is 5.73 Å². The number of hydrogen-bond donors (Lipinski definition) is 1. The fourth-order valence-electron chi connectivity index (χ4n) is 1.78. The largest absolute Gasteiger partial charge is 0.337 e. The lowest BCUT2D eigenvalue weighted by molar-refractivity contribution is 0.0791. The van der Waals surface area contributed by atoms with Gasteiger partial charge in [-0.15, -0.1) is 12.4 Å². The standard InChI is InChI=1S/C11H13ClN2O.ClH/c12-9-3-1-2-8(6-9)11(15)14-5-4-10(13)7-14;/h1-3,6,10H,4-5,7,13H2;1H. The van der Waals surface area contributed by atoms with E-state index in [-0.39, 0.29) is 24.4 Å². The Morgan fingerprint density at radius 1 is 1.50 bits per heavy atom. The smallest absolute Gasteiger partial charge is 0.253 e. The highest BCUT2D eigenvalue weighted by Crippen LogP contribution is 2.15. The van der Waals surface area contributed by atoms with Crippen molar-refractivity contribution in [2.75, 3.05) is 13.1 Å². The average Bonchev–Trinajstić information content (AvgIpc) is 2.64. The molecule has 16 heavy (non-hydrogen) atoms. The molecule has 1 saturated heterocycles. The Hall–Kier alpha value is -0.770. The number of hydrogen-bond acceptors (Lipinski definition) is 2. The maximum Gasteiger partial charge on any atom is 0.253 e. The Morgan fingerprint density at radius 3 is 2.81 bits per heavy atom. The van der Waals surface area contributed by atoms with Crippen LogP contribution >= 0.6 is 24.0 Å². The van der Waals surface area contributed by atoms with Crippen LogP contribution in [-0.2, 0) is 0 Å². The number of carbonyl (C=O) groups excluding carboxylic acids is 1. The molecule has 0 radical (unpaired) electrons. The molecule has 88 valence electrons. The molecule has 2 N–H and O–H groups in total. The van der Waals surface area contributed by atoms with Crippen LogP contribution in [0.1, 0.15) is 16.8 Å². The van der Waals surface area contributed by atoms with Crippen LogP contribution in [0, 0.1) is 0 Å². The van der Waals surface area contributed by atoms with Crippen LogP contribution in [0.15, 0.2) is 24.3 Å². The summed E-state index contributed by atoms with van der Waals surface area (Å²) in [6.07, 6.45) is 0.881. The van der Waals surface area contributed by atoms with E-state index in [4.69, 9.17) is 17.3 Å². The van der Waals surface area contributed by atoms with E-state index in [1.807, 2.05) is 0 Å². The Labute approximate surface area is 106 Å². The Kier molecular flexibility index (Phi) is 4.59. The van der Waals surface area contributed by atoms with E-state index in [1.54, 1.807) is 29.2 Å². The third-order valence-corrected chi connectivity index (χ3v) is 2.82. The van der Waals surface area contributed by atoms with Crippen molar-refractivity contribution >= 4 is 29.9 Å². The summed E-state index contributed by atoms with van der Waals surface area (Å²) in [5, 5.41) is 0.587. The summed E-state index contributed by atoms with van der Waals surface area (Å²) in [7, 11) is 0. The van der Waals surface area contributed by atoms with Gasteiger partial charge in [-0.2, -0.15) is 0 Å². The predicted molar refractivity (Wildman–Crippen MR) is 67.2 cm³/mol. The number of likely N-dealkylation sites (tertiary alicyclic amines) is 1. The number of carbonyl (C=O) groups is 1. The fourth-order valence-corrected chi connectivity index (χ4v) is 1.97. The summed E-state index contributed by atoms with van der Waals surface area (Å²) in [6.45, 7) is 1.39. The fraction of sp³-hybridized carbons (Fsp3) is 0.364. The van der Waals surface area contributed by atoms with Crippen molar-refractivity contribution in [3.05, 3.63) is 34.9 Å². The van der Waals surface area contributed by atoms with Crippen molar-refractivity contribution in [1.29, 1.82) is 0 Å². The molecular formula is C11H14Cl2N2O. The highest BCUT2D eigenvalue weighted by molar-refractivity contribution is 6.30. The summed E-state index contributed by atoms with van der Waals surface area (Å²) in [6, 6.07) is 7.12. The number of nitrogens with two attached hydrogens (primary N) is 1. The van der Waals surface area contributed by atoms with Crippen molar-refractivity contribution in [3.63, 3.8) is 0 Å². The highest BCUT2D eigenvalue weighted by atomic mass is 35.5. The normalized spacial score (nSPS) is 19.4. The number of nitrogens with zero attached hydrogens (tertiary/aromatic N) is 1. The lowest BCUT2D eigenvalue weighted by atomic mass is 10.2. The molecule has 1 heterocycles. The SMILES string of the molecule is Cl.NC1CCN(C(=O)c2cccc(Cl)c2)C1. The van der Waals surface area contributed by atoms with Gasteiger partial charge in [0.15, 0.2) is 0 Å². The summed E-state index contributed by atoms with van der Waals surface area (Å²) in [5.41, 5.74) is 6.39. The molecule has 0 aliphatic carbocycles. The van der Waals surface area contributed by atoms with E-state index >= 15 is 0 Å². The molecule has 0 bridgehead atoms. The van der Waals surface area contributed by atoms with Gasteiger partial charge in [0.2, 0.25) is 0 Å². The molecule has 1 aromatic rings. The molecule has 5 heteroatoms. The van der Waals surface area contributed by atoms with Gasteiger partial charge in [-0.1, -0.05) is 17.7 Å². The van der Waals surface area contributed by atoms with E-state index in [9.17, 15) is 4.79 Å². The lowest BCUT2D eigenvalue weighted by Crippen LogP contribution is -2.31. The second-order valence-electron chi connectivity index (χ2n) is 3.81. The lowest BCUT2D eigenvalue weighted by Gasteiger charge is -2.15. The van der Waals surface area contributed by atoms with Crippen LogP contribution in [0.4, 0.5) is 0 Å². The molecule has 0 spiro atoms. The number of amides is 1. The molecule has 2 rings (SSSR count). The van der Waals surface area contributed by atoms with Gasteiger partial charge in [0, 0.05) is 29.7 Å². The molecule has 1 aliphatic rings. The Bertz CT molecular complexity index is 384. The third-order valence-electron chi connectivity index (χ3n) is 2.58. The molecule has 1 aliphatic heterocycles. The van der Waals surface area contributed by atoms with Crippen molar-refractivity contribution < 1.29 is 4.79 Å². The number of benzene rings is 1. The van der Waals surface area contributed by atoms with E-state index in [0.29, 0.717) is 17.1 Å². The van der Waals surface area contributed by atoms with Gasteiger partial charge < -0.3 is 10.6 Å². The van der Waals surface area contributed by atoms with Gasteiger partial charge in [-0.25, -0.2) is 0 Å². The van der Waals surface area contributed by atoms with E-state index in [1.165, 1.54) is 0 Å². The van der Waals surface area contributed by atoms with E-state index < -0.39 is 0 Å². The second-order valence-corrected chi connectivity index (χ2v) is 4.25. The zero-order valence-corrected chi connectivity index (χ0v) is 10.3. The first kappa shape index (κ1) is 13.3. The summed E-state index contributed by atoms with van der Waals surface area (Å²) in [4.78, 5) is 13.7. The molecule has 1 fully saturated rings. The predicted octanol–water partition coefficient (Wildman–Crippen LogP) is 1.94. The van der Waals surface area contributed by atoms with Crippen LogP contribution in [-0.4, -0.2) is 29.9 Å². The maximum absolute atomic E-state index is 12.0. The minimum absolute atomic E-state index is 0. The quantitative estimate of drug-likeness (QED) is 0.839. The molecule has 0 aromatic heterocycles. The molecule has 3 nitrogen and oxygen atoms in total. The molecular weight excluding hydrogens is 247 g/mol. The molecule has 1 atom stereocenters. The third kappa shape index (κ3) is 2.88. The minimum Gasteiger partial charge on any atom is -0.337 e. The van der Waals surface area contributed by atoms with Crippen molar-refractivity contribution in [1.82, 2.24) is 4.90 Å². The van der Waals surface area contributed by atoms with Crippen molar-refractivity contribution in [3.8, 4) is 0 Å². The van der Waals surface area contributed by atoms with Crippen LogP contribution in [0.5, 0.6) is 0 Å². The number of halogens is 2. The zero-order valence-electron chi connectivity index (χ0n) is 8.73. The molecule has 1 unspecified atom stereocenters. The van der Waals surface area contributed by atoms with Gasteiger partial charge in [0.05, 0.1) is 0 Å². The first-order valence-electron chi connectivity index (χ1n) is 4.97. The molecule has 1 amide bonds. The van der Waals surface area contributed by atoms with Crippen molar-refractivity contribution in [2.24, 2.45) is 5.73 Å². The first-order chi connectivity index (χ1) is 7.16. The number of rotatable bonds is 1. The van der Waals surface area contributed by atoms with Gasteiger partial charge in [0.1, 0.15) is 0 Å². The maximum atomic E-state index is 12.0. The van der Waals surface area contributed by atoms with Gasteiger partial charge in [-0.05, 0) is 24.6 Å². The zero-order chi connectivity index (χ0) is 10.8. The second kappa shape index (κ2) is 5.53. The van der Waals surface area contributed by atoms with Crippen LogP contribution in [0.2, 0.25) is 5.02 Å². The van der Waals surface area contributed by atoms with E-state index in [2.05, 4.69) is 0 Å². The topological polar surface area (TPSA) is 46.3 Å². The summed E-state index contributed by atoms with van der Waals surface area (Å²) in [5.74, 6) is 0.0189. The van der Waals surface area contributed by atoms with Crippen LogP contribution in [0.25, 0.3) is 0 Å². The first-order valence-corrected chi connectivity index (χ1v) is 5.35. The minimum atomic E-state index is 0. The highest BCUT2D eigenvalue weighted by Gasteiger charge is 2.24. The molecule has 1 aromatic carbocycles. The summed E-state index contributed by atoms with van der Waals surface area (Å²) < 4.78 is 0. The molecule has 0 saturated carbocycles. The van der Waals surface area contributed by atoms with Gasteiger partial charge in [-0.3, -0.25) is 4.79 Å².